The minimum Gasteiger partial charge on any atom is -0.489 e. The minimum atomic E-state index is 0.0857. The molecule has 0 amide bonds. The SMILES string of the molecule is CC(=O)c1ccccc1OC(C1CCCCC1)C1CCNC1. The Morgan fingerprint density at radius 3 is 2.59 bits per heavy atom. The molecular weight excluding hydrogens is 274 g/mol. The molecule has 2 aliphatic rings. The second-order valence-electron chi connectivity index (χ2n) is 6.79. The van der Waals surface area contributed by atoms with Gasteiger partial charge < -0.3 is 10.1 Å². The monoisotopic (exact) mass is 301 g/mol. The van der Waals surface area contributed by atoms with Crippen LogP contribution in [-0.4, -0.2) is 25.0 Å². The van der Waals surface area contributed by atoms with E-state index in [1.54, 1.807) is 6.92 Å². The molecule has 1 aliphatic carbocycles. The van der Waals surface area contributed by atoms with Crippen LogP contribution in [0, 0.1) is 11.8 Å². The van der Waals surface area contributed by atoms with E-state index in [0.717, 1.165) is 18.8 Å². The fraction of sp³-hybridized carbons (Fsp3) is 0.632. The van der Waals surface area contributed by atoms with E-state index in [-0.39, 0.29) is 11.9 Å². The van der Waals surface area contributed by atoms with Gasteiger partial charge in [-0.05, 0) is 50.8 Å². The summed E-state index contributed by atoms with van der Waals surface area (Å²) in [6, 6.07) is 7.71. The van der Waals surface area contributed by atoms with Gasteiger partial charge in [0.05, 0.1) is 5.56 Å². The number of ether oxygens (including phenoxy) is 1. The average Bonchev–Trinajstić information content (AvgIpc) is 3.08. The number of Topliss-reactive ketones (excluding diaryl/α,β-unsaturated/α-hetero) is 1. The van der Waals surface area contributed by atoms with Gasteiger partial charge in [-0.1, -0.05) is 31.4 Å². The molecule has 3 nitrogen and oxygen atoms in total. The van der Waals surface area contributed by atoms with Crippen molar-refractivity contribution in [2.45, 2.75) is 51.6 Å². The molecule has 0 aromatic heterocycles. The van der Waals surface area contributed by atoms with Gasteiger partial charge in [-0.2, -0.15) is 0 Å². The maximum absolute atomic E-state index is 11.9. The number of hydrogen-bond donors (Lipinski definition) is 1. The molecule has 1 saturated carbocycles. The molecule has 1 aliphatic heterocycles. The lowest BCUT2D eigenvalue weighted by Crippen LogP contribution is -2.37. The van der Waals surface area contributed by atoms with Crippen LogP contribution in [0.4, 0.5) is 0 Å². The van der Waals surface area contributed by atoms with E-state index >= 15 is 0 Å². The topological polar surface area (TPSA) is 38.3 Å². The van der Waals surface area contributed by atoms with E-state index in [1.807, 2.05) is 24.3 Å². The highest BCUT2D eigenvalue weighted by Gasteiger charge is 2.34. The van der Waals surface area contributed by atoms with Crippen molar-refractivity contribution >= 4 is 5.78 Å². The van der Waals surface area contributed by atoms with Crippen molar-refractivity contribution in [3.05, 3.63) is 29.8 Å². The van der Waals surface area contributed by atoms with Gasteiger partial charge >= 0.3 is 0 Å². The van der Waals surface area contributed by atoms with Gasteiger partial charge in [-0.15, -0.1) is 0 Å². The zero-order valence-corrected chi connectivity index (χ0v) is 13.5. The number of benzene rings is 1. The van der Waals surface area contributed by atoms with Crippen molar-refractivity contribution < 1.29 is 9.53 Å². The Bertz CT molecular complexity index is 502. The van der Waals surface area contributed by atoms with E-state index in [1.165, 1.54) is 38.5 Å². The molecule has 3 rings (SSSR count). The van der Waals surface area contributed by atoms with Gasteiger partial charge in [-0.3, -0.25) is 4.79 Å². The van der Waals surface area contributed by atoms with Gasteiger partial charge in [0.2, 0.25) is 0 Å². The van der Waals surface area contributed by atoms with Crippen LogP contribution in [0.25, 0.3) is 0 Å². The molecule has 1 N–H and O–H groups in total. The highest BCUT2D eigenvalue weighted by molar-refractivity contribution is 5.96. The molecule has 2 atom stereocenters. The first-order valence-corrected chi connectivity index (χ1v) is 8.73. The van der Waals surface area contributed by atoms with E-state index < -0.39 is 0 Å². The summed E-state index contributed by atoms with van der Waals surface area (Å²) in [6.45, 7) is 3.75. The molecule has 0 spiro atoms. The van der Waals surface area contributed by atoms with Crippen LogP contribution in [-0.2, 0) is 0 Å². The Labute approximate surface area is 133 Å². The number of ketones is 1. The molecule has 3 heteroatoms. The van der Waals surface area contributed by atoms with Crippen LogP contribution >= 0.6 is 0 Å². The van der Waals surface area contributed by atoms with Crippen LogP contribution in [0.1, 0.15) is 55.8 Å². The Balaban J connectivity index is 1.81. The first kappa shape index (κ1) is 15.5. The zero-order chi connectivity index (χ0) is 15.4. The number of hydrogen-bond acceptors (Lipinski definition) is 3. The summed E-state index contributed by atoms with van der Waals surface area (Å²) in [5.74, 6) is 2.07. The Hall–Kier alpha value is -1.35. The molecule has 2 fully saturated rings. The average molecular weight is 301 g/mol. The van der Waals surface area contributed by atoms with Gasteiger partial charge in [0, 0.05) is 12.5 Å². The lowest BCUT2D eigenvalue weighted by atomic mass is 9.80. The molecule has 1 aromatic carbocycles. The van der Waals surface area contributed by atoms with Crippen molar-refractivity contribution in [3.8, 4) is 5.75 Å². The molecule has 120 valence electrons. The molecule has 22 heavy (non-hydrogen) atoms. The largest absolute Gasteiger partial charge is 0.489 e. The predicted octanol–water partition coefficient (Wildman–Crippen LogP) is 3.83. The summed E-state index contributed by atoms with van der Waals surface area (Å²) in [6.07, 6.45) is 7.96. The third kappa shape index (κ3) is 3.52. The third-order valence-electron chi connectivity index (χ3n) is 5.21. The number of nitrogens with one attached hydrogen (secondary N) is 1. The summed E-state index contributed by atoms with van der Waals surface area (Å²) in [7, 11) is 0. The summed E-state index contributed by atoms with van der Waals surface area (Å²) < 4.78 is 6.47. The van der Waals surface area contributed by atoms with Crippen molar-refractivity contribution in [2.24, 2.45) is 11.8 Å². The van der Waals surface area contributed by atoms with Crippen LogP contribution in [0.2, 0.25) is 0 Å². The van der Waals surface area contributed by atoms with Crippen LogP contribution < -0.4 is 10.1 Å². The number of carbonyl (C=O) groups excluding carboxylic acids is 1. The number of rotatable bonds is 5. The van der Waals surface area contributed by atoms with Gasteiger partial charge in [-0.25, -0.2) is 0 Å². The highest BCUT2D eigenvalue weighted by atomic mass is 16.5. The van der Waals surface area contributed by atoms with Gasteiger partial charge in [0.15, 0.2) is 5.78 Å². The Morgan fingerprint density at radius 2 is 1.91 bits per heavy atom. The van der Waals surface area contributed by atoms with E-state index in [0.29, 0.717) is 17.4 Å². The van der Waals surface area contributed by atoms with Crippen molar-refractivity contribution in [1.29, 1.82) is 0 Å². The van der Waals surface area contributed by atoms with Crippen LogP contribution in [0.5, 0.6) is 5.75 Å². The fourth-order valence-electron chi connectivity index (χ4n) is 4.00. The van der Waals surface area contributed by atoms with E-state index in [9.17, 15) is 4.79 Å². The lowest BCUT2D eigenvalue weighted by Gasteiger charge is -2.34. The smallest absolute Gasteiger partial charge is 0.163 e. The zero-order valence-electron chi connectivity index (χ0n) is 13.5. The third-order valence-corrected chi connectivity index (χ3v) is 5.21. The standard InChI is InChI=1S/C19H27NO2/c1-14(21)17-9-5-6-10-18(17)22-19(16-11-12-20-13-16)15-7-3-2-4-8-15/h5-6,9-10,15-16,19-20H,2-4,7-8,11-13H2,1H3. The van der Waals surface area contributed by atoms with Crippen molar-refractivity contribution in [3.63, 3.8) is 0 Å². The first-order chi connectivity index (χ1) is 10.8. The number of para-hydroxylation sites is 1. The van der Waals surface area contributed by atoms with Crippen LogP contribution in [0.15, 0.2) is 24.3 Å². The molecule has 0 bridgehead atoms. The molecular formula is C19H27NO2. The van der Waals surface area contributed by atoms with E-state index in [4.69, 9.17) is 4.74 Å². The summed E-state index contributed by atoms with van der Waals surface area (Å²) >= 11 is 0. The van der Waals surface area contributed by atoms with E-state index in [2.05, 4.69) is 5.32 Å². The van der Waals surface area contributed by atoms with Crippen molar-refractivity contribution in [2.75, 3.05) is 13.1 Å². The summed E-state index contributed by atoms with van der Waals surface area (Å²) in [5, 5.41) is 3.47. The normalized spacial score (nSPS) is 24.1. The maximum Gasteiger partial charge on any atom is 0.163 e. The lowest BCUT2D eigenvalue weighted by molar-refractivity contribution is 0.0609. The molecule has 1 heterocycles. The first-order valence-electron chi connectivity index (χ1n) is 8.73. The molecule has 2 unspecified atom stereocenters. The maximum atomic E-state index is 11.9. The molecule has 1 aromatic rings. The summed E-state index contributed by atoms with van der Waals surface area (Å²) in [5.41, 5.74) is 0.717. The second kappa shape index (κ2) is 7.28. The quantitative estimate of drug-likeness (QED) is 0.840. The highest BCUT2D eigenvalue weighted by Crippen LogP contribution is 2.35. The Kier molecular flexibility index (Phi) is 5.14. The molecule has 1 saturated heterocycles. The second-order valence-corrected chi connectivity index (χ2v) is 6.79. The number of carbonyl (C=O) groups is 1. The predicted molar refractivity (Wildman–Crippen MR) is 88.4 cm³/mol. The minimum absolute atomic E-state index is 0.0857. The Morgan fingerprint density at radius 1 is 1.14 bits per heavy atom. The van der Waals surface area contributed by atoms with Gasteiger partial charge in [0.1, 0.15) is 11.9 Å². The van der Waals surface area contributed by atoms with Crippen LogP contribution in [0.3, 0.4) is 0 Å². The van der Waals surface area contributed by atoms with Gasteiger partial charge in [0.25, 0.3) is 0 Å². The summed E-state index contributed by atoms with van der Waals surface area (Å²) in [4.78, 5) is 11.9. The van der Waals surface area contributed by atoms with Crippen molar-refractivity contribution in [1.82, 2.24) is 5.32 Å². The molecule has 0 radical (unpaired) electrons. The fourth-order valence-corrected chi connectivity index (χ4v) is 4.00.